The number of nitrogens with two attached hydrogens (primary N) is 1. The molecule has 1 atom stereocenters. The van der Waals surface area contributed by atoms with Crippen molar-refractivity contribution < 1.29 is 14.3 Å². The number of nitrogens with zero attached hydrogens (tertiary/aromatic N) is 2. The van der Waals surface area contributed by atoms with Crippen LogP contribution in [0.25, 0.3) is 0 Å². The van der Waals surface area contributed by atoms with Crippen molar-refractivity contribution in [1.29, 1.82) is 0 Å². The number of amides is 1. The number of rotatable bonds is 5. The van der Waals surface area contributed by atoms with Gasteiger partial charge in [-0.1, -0.05) is 12.1 Å². The maximum absolute atomic E-state index is 11.7. The Morgan fingerprint density at radius 3 is 2.60 bits per heavy atom. The van der Waals surface area contributed by atoms with Gasteiger partial charge in [0.25, 0.3) is 5.91 Å². The number of hydrogen-bond donors (Lipinski definition) is 1. The van der Waals surface area contributed by atoms with Crippen LogP contribution in [0.3, 0.4) is 0 Å². The standard InChI is InChI=1S/C14H15N3O3/c1-10(13(15)18)20-14(19)12-5-3-11(4-6-12)9-17-8-2-7-16-17/h2-8,10H,9H2,1H3,(H2,15,18)/t10-/m0/s1. The van der Waals surface area contributed by atoms with Gasteiger partial charge in [-0.2, -0.15) is 5.10 Å². The molecule has 0 fully saturated rings. The molecule has 6 nitrogen and oxygen atoms in total. The van der Waals surface area contributed by atoms with Gasteiger partial charge < -0.3 is 10.5 Å². The van der Waals surface area contributed by atoms with Crippen LogP contribution in [-0.2, 0) is 16.1 Å². The summed E-state index contributed by atoms with van der Waals surface area (Å²) >= 11 is 0. The molecular formula is C14H15N3O3. The molecule has 104 valence electrons. The van der Waals surface area contributed by atoms with Crippen LogP contribution in [0.1, 0.15) is 22.8 Å². The van der Waals surface area contributed by atoms with Gasteiger partial charge >= 0.3 is 5.97 Å². The first-order chi connectivity index (χ1) is 9.56. The highest BCUT2D eigenvalue weighted by molar-refractivity contribution is 5.91. The fourth-order valence-corrected chi connectivity index (χ4v) is 1.61. The second-order valence-corrected chi connectivity index (χ2v) is 4.35. The van der Waals surface area contributed by atoms with Crippen LogP contribution >= 0.6 is 0 Å². The van der Waals surface area contributed by atoms with Crippen LogP contribution in [0.15, 0.2) is 42.7 Å². The normalized spacial score (nSPS) is 11.8. The maximum atomic E-state index is 11.7. The molecule has 1 aromatic heterocycles. The molecule has 0 aliphatic heterocycles. The van der Waals surface area contributed by atoms with E-state index in [2.05, 4.69) is 5.10 Å². The summed E-state index contributed by atoms with van der Waals surface area (Å²) in [6.07, 6.45) is 2.62. The Morgan fingerprint density at radius 2 is 2.05 bits per heavy atom. The average Bonchev–Trinajstić information content (AvgIpc) is 2.92. The van der Waals surface area contributed by atoms with Crippen LogP contribution in [0.5, 0.6) is 0 Å². The van der Waals surface area contributed by atoms with Crippen LogP contribution in [0.4, 0.5) is 0 Å². The topological polar surface area (TPSA) is 87.2 Å². The van der Waals surface area contributed by atoms with E-state index < -0.39 is 18.0 Å². The molecule has 2 N–H and O–H groups in total. The third-order valence-corrected chi connectivity index (χ3v) is 2.78. The van der Waals surface area contributed by atoms with Crippen LogP contribution in [0, 0.1) is 0 Å². The third kappa shape index (κ3) is 3.44. The lowest BCUT2D eigenvalue weighted by Gasteiger charge is -2.09. The molecule has 0 radical (unpaired) electrons. The van der Waals surface area contributed by atoms with Gasteiger partial charge in [0.1, 0.15) is 0 Å². The molecule has 0 unspecified atom stereocenters. The predicted molar refractivity (Wildman–Crippen MR) is 71.8 cm³/mol. The molecule has 6 heteroatoms. The molecule has 0 saturated heterocycles. The molecule has 0 saturated carbocycles. The van der Waals surface area contributed by atoms with Gasteiger partial charge in [-0.3, -0.25) is 9.48 Å². The van der Waals surface area contributed by atoms with E-state index >= 15 is 0 Å². The molecule has 1 amide bonds. The van der Waals surface area contributed by atoms with Gasteiger partial charge in [0.05, 0.1) is 12.1 Å². The summed E-state index contributed by atoms with van der Waals surface area (Å²) in [5, 5.41) is 4.10. The molecule has 0 aliphatic rings. The summed E-state index contributed by atoms with van der Waals surface area (Å²) in [6, 6.07) is 8.77. The fraction of sp³-hybridized carbons (Fsp3) is 0.214. The van der Waals surface area contributed by atoms with E-state index in [1.54, 1.807) is 23.0 Å². The number of carbonyl (C=O) groups is 2. The average molecular weight is 273 g/mol. The summed E-state index contributed by atoms with van der Waals surface area (Å²) in [5.74, 6) is -1.24. The number of ether oxygens (including phenoxy) is 1. The number of aromatic nitrogens is 2. The van der Waals surface area contributed by atoms with Crippen LogP contribution in [-0.4, -0.2) is 27.8 Å². The zero-order valence-electron chi connectivity index (χ0n) is 11.0. The zero-order valence-corrected chi connectivity index (χ0v) is 11.0. The maximum Gasteiger partial charge on any atom is 0.338 e. The molecule has 0 spiro atoms. The SMILES string of the molecule is C[C@H](OC(=O)c1ccc(Cn2cccn2)cc1)C(N)=O. The number of benzene rings is 1. The minimum atomic E-state index is -0.939. The Balaban J connectivity index is 2.00. The molecular weight excluding hydrogens is 258 g/mol. The van der Waals surface area contributed by atoms with Crippen molar-refractivity contribution >= 4 is 11.9 Å². The van der Waals surface area contributed by atoms with E-state index in [4.69, 9.17) is 10.5 Å². The van der Waals surface area contributed by atoms with E-state index in [9.17, 15) is 9.59 Å². The van der Waals surface area contributed by atoms with Crippen molar-refractivity contribution in [2.24, 2.45) is 5.73 Å². The molecule has 1 aromatic carbocycles. The van der Waals surface area contributed by atoms with E-state index in [1.807, 2.05) is 24.4 Å². The summed E-state index contributed by atoms with van der Waals surface area (Å²) in [7, 11) is 0. The third-order valence-electron chi connectivity index (χ3n) is 2.78. The summed E-state index contributed by atoms with van der Waals surface area (Å²) in [5.41, 5.74) is 6.42. The molecule has 1 heterocycles. The lowest BCUT2D eigenvalue weighted by Crippen LogP contribution is -2.30. The monoisotopic (exact) mass is 273 g/mol. The lowest BCUT2D eigenvalue weighted by molar-refractivity contribution is -0.125. The van der Waals surface area contributed by atoms with Crippen molar-refractivity contribution in [3.05, 3.63) is 53.9 Å². The van der Waals surface area contributed by atoms with Crippen molar-refractivity contribution in [2.75, 3.05) is 0 Å². The highest BCUT2D eigenvalue weighted by atomic mass is 16.5. The van der Waals surface area contributed by atoms with Gasteiger partial charge in [-0.05, 0) is 30.7 Å². The summed E-state index contributed by atoms with van der Waals surface area (Å²) in [4.78, 5) is 22.6. The van der Waals surface area contributed by atoms with Crippen LogP contribution < -0.4 is 5.73 Å². The van der Waals surface area contributed by atoms with E-state index in [0.29, 0.717) is 12.1 Å². The Bertz CT molecular complexity index is 591. The zero-order chi connectivity index (χ0) is 14.5. The van der Waals surface area contributed by atoms with Crippen molar-refractivity contribution in [2.45, 2.75) is 19.6 Å². The Labute approximate surface area is 116 Å². The molecule has 0 bridgehead atoms. The largest absolute Gasteiger partial charge is 0.449 e. The number of hydrogen-bond acceptors (Lipinski definition) is 4. The van der Waals surface area contributed by atoms with Gasteiger partial charge in [-0.15, -0.1) is 0 Å². The molecule has 0 aliphatic carbocycles. The molecule has 2 rings (SSSR count). The quantitative estimate of drug-likeness (QED) is 0.822. The van der Waals surface area contributed by atoms with Gasteiger partial charge in [-0.25, -0.2) is 4.79 Å². The number of primary amides is 1. The molecule has 2 aromatic rings. The van der Waals surface area contributed by atoms with E-state index in [-0.39, 0.29) is 0 Å². The summed E-state index contributed by atoms with van der Waals surface area (Å²) < 4.78 is 6.69. The van der Waals surface area contributed by atoms with Gasteiger partial charge in [0.2, 0.25) is 0 Å². The predicted octanol–water partition coefficient (Wildman–Crippen LogP) is 0.962. The highest BCUT2D eigenvalue weighted by Gasteiger charge is 2.15. The van der Waals surface area contributed by atoms with E-state index in [0.717, 1.165) is 5.56 Å². The van der Waals surface area contributed by atoms with Crippen molar-refractivity contribution in [3.63, 3.8) is 0 Å². The molecule has 20 heavy (non-hydrogen) atoms. The second-order valence-electron chi connectivity index (χ2n) is 4.35. The summed E-state index contributed by atoms with van der Waals surface area (Å²) in [6.45, 7) is 2.06. The lowest BCUT2D eigenvalue weighted by atomic mass is 10.1. The number of esters is 1. The minimum absolute atomic E-state index is 0.377. The fourth-order valence-electron chi connectivity index (χ4n) is 1.61. The van der Waals surface area contributed by atoms with E-state index in [1.165, 1.54) is 6.92 Å². The first kappa shape index (κ1) is 13.8. The Hall–Kier alpha value is -2.63. The smallest absolute Gasteiger partial charge is 0.338 e. The Morgan fingerprint density at radius 1 is 1.35 bits per heavy atom. The van der Waals surface area contributed by atoms with Gasteiger partial charge in [0, 0.05) is 12.4 Å². The second kappa shape index (κ2) is 6.01. The highest BCUT2D eigenvalue weighted by Crippen LogP contribution is 2.08. The van der Waals surface area contributed by atoms with Gasteiger partial charge in [0.15, 0.2) is 6.10 Å². The Kier molecular flexibility index (Phi) is 4.14. The van der Waals surface area contributed by atoms with Crippen LogP contribution in [0.2, 0.25) is 0 Å². The minimum Gasteiger partial charge on any atom is -0.449 e. The first-order valence-electron chi connectivity index (χ1n) is 6.13. The van der Waals surface area contributed by atoms with Crippen molar-refractivity contribution in [3.8, 4) is 0 Å². The van der Waals surface area contributed by atoms with Crippen molar-refractivity contribution in [1.82, 2.24) is 9.78 Å². The first-order valence-corrected chi connectivity index (χ1v) is 6.13. The number of carbonyl (C=O) groups excluding carboxylic acids is 2.